The van der Waals surface area contributed by atoms with E-state index >= 15 is 0 Å². The Balaban J connectivity index is 1.65. The zero-order valence-corrected chi connectivity index (χ0v) is 19.7. The molecule has 2 heterocycles. The predicted octanol–water partition coefficient (Wildman–Crippen LogP) is 6.57. The fourth-order valence-electron chi connectivity index (χ4n) is 5.48. The summed E-state index contributed by atoms with van der Waals surface area (Å²) in [6, 6.07) is 11.3. The van der Waals surface area contributed by atoms with Crippen LogP contribution in [0.5, 0.6) is 0 Å². The Hall–Kier alpha value is -2.59. The first-order chi connectivity index (χ1) is 15.0. The highest BCUT2D eigenvalue weighted by Gasteiger charge is 2.47. The number of allylic oxidation sites excluding steroid dienone is 4. The number of benzene rings is 1. The van der Waals surface area contributed by atoms with Crippen LogP contribution in [0.25, 0.3) is 11.3 Å². The molecule has 0 fully saturated rings. The largest absolute Gasteiger partial charge is 0.460 e. The summed E-state index contributed by atoms with van der Waals surface area (Å²) < 4.78 is 6.30. The van der Waals surface area contributed by atoms with Gasteiger partial charge in [0, 0.05) is 46.0 Å². The van der Waals surface area contributed by atoms with E-state index in [0.29, 0.717) is 40.5 Å². The molecule has 0 radical (unpaired) electrons. The Morgan fingerprint density at radius 3 is 2.03 bits per heavy atom. The Morgan fingerprint density at radius 1 is 0.875 bits per heavy atom. The highest BCUT2D eigenvalue weighted by Crippen LogP contribution is 2.51. The third-order valence-corrected chi connectivity index (χ3v) is 6.97. The molecule has 1 aliphatic heterocycles. The van der Waals surface area contributed by atoms with Gasteiger partial charge in [0.15, 0.2) is 11.6 Å². The fraction of sp³-hybridized carbons (Fsp3) is 0.407. The van der Waals surface area contributed by atoms with Crippen molar-refractivity contribution in [3.05, 3.63) is 69.7 Å². The van der Waals surface area contributed by atoms with Crippen molar-refractivity contribution in [1.29, 1.82) is 0 Å². The molecule has 5 rings (SSSR count). The molecule has 0 saturated carbocycles. The van der Waals surface area contributed by atoms with Crippen molar-refractivity contribution >= 4 is 23.2 Å². The first-order valence-electron chi connectivity index (χ1n) is 11.2. The number of dihydropyridines is 1. The number of furan rings is 1. The van der Waals surface area contributed by atoms with Gasteiger partial charge in [0.05, 0.1) is 5.92 Å². The molecule has 166 valence electrons. The van der Waals surface area contributed by atoms with E-state index in [1.807, 2.05) is 36.4 Å². The molecule has 32 heavy (non-hydrogen) atoms. The molecule has 0 bridgehead atoms. The monoisotopic (exact) mass is 449 g/mol. The lowest BCUT2D eigenvalue weighted by Crippen LogP contribution is -2.42. The number of rotatable bonds is 2. The molecule has 1 N–H and O–H groups in total. The molecule has 0 atom stereocenters. The fourth-order valence-corrected chi connectivity index (χ4v) is 5.67. The average molecular weight is 450 g/mol. The van der Waals surface area contributed by atoms with Crippen LogP contribution in [0.1, 0.15) is 65.1 Å². The van der Waals surface area contributed by atoms with Gasteiger partial charge in [-0.25, -0.2) is 0 Å². The van der Waals surface area contributed by atoms with Crippen LogP contribution in [-0.4, -0.2) is 11.6 Å². The van der Waals surface area contributed by atoms with Gasteiger partial charge in [-0.1, -0.05) is 51.4 Å². The minimum atomic E-state index is -0.457. The summed E-state index contributed by atoms with van der Waals surface area (Å²) in [7, 11) is 0. The van der Waals surface area contributed by atoms with Crippen molar-refractivity contribution in [3.63, 3.8) is 0 Å². The second-order valence-electron chi connectivity index (χ2n) is 10.9. The van der Waals surface area contributed by atoms with E-state index in [2.05, 4.69) is 33.0 Å². The number of hydrogen-bond acceptors (Lipinski definition) is 4. The second kappa shape index (κ2) is 7.21. The average Bonchev–Trinajstić information content (AvgIpc) is 3.14. The van der Waals surface area contributed by atoms with E-state index in [0.717, 1.165) is 29.8 Å². The van der Waals surface area contributed by atoms with Gasteiger partial charge in [0.25, 0.3) is 0 Å². The van der Waals surface area contributed by atoms with E-state index in [-0.39, 0.29) is 22.4 Å². The van der Waals surface area contributed by atoms with Gasteiger partial charge in [0.2, 0.25) is 0 Å². The number of carbonyl (C=O) groups is 2. The number of carbonyl (C=O) groups excluding carboxylic acids is 2. The van der Waals surface area contributed by atoms with Crippen LogP contribution in [0.3, 0.4) is 0 Å². The molecule has 0 spiro atoms. The van der Waals surface area contributed by atoms with E-state index in [1.54, 1.807) is 0 Å². The molecule has 5 heteroatoms. The topological polar surface area (TPSA) is 59.3 Å². The number of Topliss-reactive ketones (excluding diaryl/α,β-unsaturated/α-hetero) is 2. The van der Waals surface area contributed by atoms with Crippen LogP contribution >= 0.6 is 11.6 Å². The summed E-state index contributed by atoms with van der Waals surface area (Å²) in [5.74, 6) is 1.05. The number of nitrogens with one attached hydrogen (secondary N) is 1. The molecule has 2 aliphatic carbocycles. The smallest absolute Gasteiger partial charge is 0.162 e. The molecular formula is C27H28ClNO3. The van der Waals surface area contributed by atoms with E-state index < -0.39 is 5.92 Å². The molecule has 3 aliphatic rings. The highest BCUT2D eigenvalue weighted by molar-refractivity contribution is 6.30. The molecule has 0 unspecified atom stereocenters. The Morgan fingerprint density at radius 2 is 1.47 bits per heavy atom. The second-order valence-corrected chi connectivity index (χ2v) is 11.4. The van der Waals surface area contributed by atoms with Crippen molar-refractivity contribution in [3.8, 4) is 11.3 Å². The normalized spacial score (nSPS) is 22.5. The maximum absolute atomic E-state index is 13.4. The van der Waals surface area contributed by atoms with Crippen molar-refractivity contribution in [2.45, 2.75) is 59.3 Å². The minimum Gasteiger partial charge on any atom is -0.460 e. The lowest BCUT2D eigenvalue weighted by atomic mass is 9.65. The third kappa shape index (κ3) is 3.65. The van der Waals surface area contributed by atoms with Gasteiger partial charge < -0.3 is 9.73 Å². The minimum absolute atomic E-state index is 0.0960. The summed E-state index contributed by atoms with van der Waals surface area (Å²) in [5.41, 5.74) is 3.92. The van der Waals surface area contributed by atoms with Crippen molar-refractivity contribution in [2.24, 2.45) is 10.8 Å². The zero-order chi connectivity index (χ0) is 22.8. The van der Waals surface area contributed by atoms with Crippen LogP contribution in [0.2, 0.25) is 5.02 Å². The molecule has 0 saturated heterocycles. The van der Waals surface area contributed by atoms with Crippen molar-refractivity contribution in [2.75, 3.05) is 0 Å². The third-order valence-electron chi connectivity index (χ3n) is 6.74. The summed E-state index contributed by atoms with van der Waals surface area (Å²) in [5, 5.41) is 4.16. The maximum atomic E-state index is 13.4. The Kier molecular flexibility index (Phi) is 4.79. The summed E-state index contributed by atoms with van der Waals surface area (Å²) in [6.07, 6.45) is 2.48. The SMILES string of the molecule is CC1(C)CC(=O)C2=C(C1)NC1=C(C(=O)CC(C)(C)C1)C2c1ccc(-c2cccc(Cl)c2)o1. The van der Waals surface area contributed by atoms with Crippen LogP contribution < -0.4 is 5.32 Å². The number of ketones is 2. The molecule has 4 nitrogen and oxygen atoms in total. The molecule has 2 aromatic rings. The number of halogens is 1. The van der Waals surface area contributed by atoms with Gasteiger partial charge in [0.1, 0.15) is 11.5 Å². The van der Waals surface area contributed by atoms with Gasteiger partial charge in [-0.2, -0.15) is 0 Å². The molecule has 1 aromatic carbocycles. The van der Waals surface area contributed by atoms with Crippen LogP contribution in [0.4, 0.5) is 0 Å². The Bertz CT molecular complexity index is 1160. The predicted molar refractivity (Wildman–Crippen MR) is 125 cm³/mol. The standard InChI is InChI=1S/C27H28ClNO3/c1-26(2)11-17-23(19(30)13-26)25(24-18(29-17)12-27(3,4)14-20(24)31)22-9-8-21(32-22)15-6-5-7-16(28)10-15/h5-10,25,29H,11-14H2,1-4H3. The lowest BCUT2D eigenvalue weighted by molar-refractivity contribution is -0.119. The van der Waals surface area contributed by atoms with Gasteiger partial charge in [-0.15, -0.1) is 0 Å². The van der Waals surface area contributed by atoms with Gasteiger partial charge >= 0.3 is 0 Å². The zero-order valence-electron chi connectivity index (χ0n) is 19.0. The molecule has 1 aromatic heterocycles. The van der Waals surface area contributed by atoms with Crippen LogP contribution in [0.15, 0.2) is 63.4 Å². The summed E-state index contributed by atoms with van der Waals surface area (Å²) in [6.45, 7) is 8.48. The van der Waals surface area contributed by atoms with Crippen molar-refractivity contribution < 1.29 is 14.0 Å². The molecular weight excluding hydrogens is 422 g/mol. The molecule has 0 amide bonds. The lowest BCUT2D eigenvalue weighted by Gasteiger charge is -2.43. The maximum Gasteiger partial charge on any atom is 0.162 e. The van der Waals surface area contributed by atoms with Gasteiger partial charge in [-0.05, 0) is 47.9 Å². The summed E-state index contributed by atoms with van der Waals surface area (Å²) in [4.78, 5) is 26.7. The summed E-state index contributed by atoms with van der Waals surface area (Å²) >= 11 is 6.17. The van der Waals surface area contributed by atoms with Crippen LogP contribution in [0, 0.1) is 10.8 Å². The first-order valence-corrected chi connectivity index (χ1v) is 11.6. The first kappa shape index (κ1) is 21.3. The number of hydrogen-bond donors (Lipinski definition) is 1. The van der Waals surface area contributed by atoms with E-state index in [4.69, 9.17) is 16.0 Å². The highest BCUT2D eigenvalue weighted by atomic mass is 35.5. The van der Waals surface area contributed by atoms with E-state index in [1.165, 1.54) is 0 Å². The van der Waals surface area contributed by atoms with Gasteiger partial charge in [-0.3, -0.25) is 9.59 Å². The van der Waals surface area contributed by atoms with Crippen molar-refractivity contribution in [1.82, 2.24) is 5.32 Å². The van der Waals surface area contributed by atoms with Crippen LogP contribution in [-0.2, 0) is 9.59 Å². The van der Waals surface area contributed by atoms with E-state index in [9.17, 15) is 9.59 Å². The Labute approximate surface area is 193 Å². The quantitative estimate of drug-likeness (QED) is 0.563.